The Balaban J connectivity index is 1.48. The van der Waals surface area contributed by atoms with Crippen LogP contribution in [0.3, 0.4) is 0 Å². The van der Waals surface area contributed by atoms with Crippen molar-refractivity contribution in [3.8, 4) is 0 Å². The standard InChI is InChI=1S/C19H24N2O4/c1-12-6-5-8-15(13(12)2)20-18(22)11-24-19(23)10-16-14-7-3-4-9-17(14)25-21-16/h3-4,7,9,12-13,15H,5-6,8,10-11H2,1-2H3,(H,20,22)/t12-,13-,15-/m1/s1. The molecule has 0 unspecified atom stereocenters. The number of nitrogens with zero attached hydrogens (tertiary/aromatic N) is 1. The van der Waals surface area contributed by atoms with Gasteiger partial charge in [0.15, 0.2) is 12.2 Å². The molecule has 1 fully saturated rings. The van der Waals surface area contributed by atoms with Crippen LogP contribution in [0.5, 0.6) is 0 Å². The van der Waals surface area contributed by atoms with E-state index in [-0.39, 0.29) is 25.0 Å². The van der Waals surface area contributed by atoms with Gasteiger partial charge >= 0.3 is 5.97 Å². The van der Waals surface area contributed by atoms with Crippen molar-refractivity contribution in [1.29, 1.82) is 0 Å². The molecule has 1 aliphatic rings. The highest BCUT2D eigenvalue weighted by Crippen LogP contribution is 2.29. The first-order valence-corrected chi connectivity index (χ1v) is 8.83. The third-order valence-electron chi connectivity index (χ3n) is 5.18. The average molecular weight is 344 g/mol. The van der Waals surface area contributed by atoms with Gasteiger partial charge in [-0.25, -0.2) is 0 Å². The molecule has 1 amide bonds. The minimum atomic E-state index is -0.487. The summed E-state index contributed by atoms with van der Waals surface area (Å²) in [6.45, 7) is 4.12. The summed E-state index contributed by atoms with van der Waals surface area (Å²) in [6.07, 6.45) is 3.29. The molecule has 134 valence electrons. The molecule has 1 N–H and O–H groups in total. The smallest absolute Gasteiger partial charge is 0.312 e. The van der Waals surface area contributed by atoms with Crippen LogP contribution in [0, 0.1) is 11.8 Å². The summed E-state index contributed by atoms with van der Waals surface area (Å²) in [6, 6.07) is 7.49. The molecular formula is C19H24N2O4. The molecule has 0 spiro atoms. The molecule has 6 nitrogen and oxygen atoms in total. The summed E-state index contributed by atoms with van der Waals surface area (Å²) in [5.41, 5.74) is 1.15. The number of aromatic nitrogens is 1. The van der Waals surface area contributed by atoms with Gasteiger partial charge in [-0.15, -0.1) is 0 Å². The number of carbonyl (C=O) groups excluding carboxylic acids is 2. The van der Waals surface area contributed by atoms with Crippen LogP contribution < -0.4 is 5.32 Å². The maximum Gasteiger partial charge on any atom is 0.312 e. The largest absolute Gasteiger partial charge is 0.455 e. The van der Waals surface area contributed by atoms with Crippen molar-refractivity contribution < 1.29 is 18.8 Å². The molecule has 0 saturated heterocycles. The first-order chi connectivity index (χ1) is 12.0. The number of carbonyl (C=O) groups is 2. The molecule has 0 bridgehead atoms. The van der Waals surface area contributed by atoms with Gasteiger partial charge in [0.1, 0.15) is 5.69 Å². The van der Waals surface area contributed by atoms with Crippen LogP contribution in [0.25, 0.3) is 11.0 Å². The van der Waals surface area contributed by atoms with E-state index < -0.39 is 5.97 Å². The van der Waals surface area contributed by atoms with E-state index in [1.807, 2.05) is 18.2 Å². The van der Waals surface area contributed by atoms with E-state index in [1.165, 1.54) is 6.42 Å². The van der Waals surface area contributed by atoms with Crippen LogP contribution in [0.2, 0.25) is 0 Å². The summed E-state index contributed by atoms with van der Waals surface area (Å²) in [7, 11) is 0. The van der Waals surface area contributed by atoms with Crippen LogP contribution in [-0.4, -0.2) is 29.7 Å². The van der Waals surface area contributed by atoms with E-state index in [0.717, 1.165) is 18.2 Å². The lowest BCUT2D eigenvalue weighted by Crippen LogP contribution is -2.45. The Kier molecular flexibility index (Phi) is 5.36. The number of amides is 1. The topological polar surface area (TPSA) is 81.4 Å². The number of esters is 1. The molecular weight excluding hydrogens is 320 g/mol. The van der Waals surface area contributed by atoms with E-state index in [9.17, 15) is 9.59 Å². The van der Waals surface area contributed by atoms with E-state index >= 15 is 0 Å². The normalized spacial score (nSPS) is 23.4. The number of para-hydroxylation sites is 1. The highest BCUT2D eigenvalue weighted by atomic mass is 16.5. The van der Waals surface area contributed by atoms with Gasteiger partial charge in [-0.3, -0.25) is 9.59 Å². The third-order valence-corrected chi connectivity index (χ3v) is 5.18. The molecule has 0 aliphatic heterocycles. The lowest BCUT2D eigenvalue weighted by molar-refractivity contribution is -0.148. The summed E-state index contributed by atoms with van der Waals surface area (Å²) in [5, 5.41) is 7.68. The molecule has 3 rings (SSSR count). The second-order valence-electron chi connectivity index (χ2n) is 6.90. The number of fused-ring (bicyclic) bond motifs is 1. The highest BCUT2D eigenvalue weighted by molar-refractivity contribution is 5.85. The van der Waals surface area contributed by atoms with Gasteiger partial charge in [0.2, 0.25) is 0 Å². The molecule has 2 aromatic rings. The molecule has 1 saturated carbocycles. The van der Waals surface area contributed by atoms with Gasteiger partial charge in [0, 0.05) is 11.4 Å². The maximum atomic E-state index is 12.1. The summed E-state index contributed by atoms with van der Waals surface area (Å²) in [4.78, 5) is 24.0. The fourth-order valence-corrected chi connectivity index (χ4v) is 3.43. The third kappa shape index (κ3) is 4.18. The van der Waals surface area contributed by atoms with E-state index in [4.69, 9.17) is 9.26 Å². The van der Waals surface area contributed by atoms with E-state index in [1.54, 1.807) is 6.07 Å². The van der Waals surface area contributed by atoms with Gasteiger partial charge in [-0.05, 0) is 30.4 Å². The Labute approximate surface area is 146 Å². The molecule has 1 aromatic carbocycles. The van der Waals surface area contributed by atoms with Crippen molar-refractivity contribution >= 4 is 22.8 Å². The zero-order valence-electron chi connectivity index (χ0n) is 14.7. The molecule has 25 heavy (non-hydrogen) atoms. The quantitative estimate of drug-likeness (QED) is 0.844. The Morgan fingerprint density at radius 1 is 1.28 bits per heavy atom. The molecule has 1 aromatic heterocycles. The van der Waals surface area contributed by atoms with Crippen LogP contribution in [0.4, 0.5) is 0 Å². The number of rotatable bonds is 5. The summed E-state index contributed by atoms with van der Waals surface area (Å²) in [5.74, 6) is 0.306. The first-order valence-electron chi connectivity index (χ1n) is 8.83. The Morgan fingerprint density at radius 3 is 2.92 bits per heavy atom. The van der Waals surface area contributed by atoms with Crippen molar-refractivity contribution in [2.45, 2.75) is 45.6 Å². The van der Waals surface area contributed by atoms with Crippen molar-refractivity contribution in [3.63, 3.8) is 0 Å². The van der Waals surface area contributed by atoms with Gasteiger partial charge in [0.05, 0.1) is 6.42 Å². The van der Waals surface area contributed by atoms with Gasteiger partial charge in [0.25, 0.3) is 5.91 Å². The lowest BCUT2D eigenvalue weighted by atomic mass is 9.78. The fourth-order valence-electron chi connectivity index (χ4n) is 3.43. The molecule has 3 atom stereocenters. The SMILES string of the molecule is C[C@@H]1[C@H](C)CCC[C@H]1NC(=O)COC(=O)Cc1noc2ccccc12. The Morgan fingerprint density at radius 2 is 2.08 bits per heavy atom. The lowest BCUT2D eigenvalue weighted by Gasteiger charge is -2.34. The van der Waals surface area contributed by atoms with Crippen molar-refractivity contribution in [1.82, 2.24) is 10.5 Å². The van der Waals surface area contributed by atoms with Crippen molar-refractivity contribution in [3.05, 3.63) is 30.0 Å². The van der Waals surface area contributed by atoms with Gasteiger partial charge < -0.3 is 14.6 Å². The van der Waals surface area contributed by atoms with E-state index in [0.29, 0.717) is 23.1 Å². The molecule has 0 radical (unpaired) electrons. The highest BCUT2D eigenvalue weighted by Gasteiger charge is 2.28. The van der Waals surface area contributed by atoms with Crippen molar-refractivity contribution in [2.24, 2.45) is 11.8 Å². The van der Waals surface area contributed by atoms with Crippen LogP contribution >= 0.6 is 0 Å². The van der Waals surface area contributed by atoms with Crippen molar-refractivity contribution in [2.75, 3.05) is 6.61 Å². The molecule has 1 aliphatic carbocycles. The van der Waals surface area contributed by atoms with Gasteiger partial charge in [-0.1, -0.05) is 44.0 Å². The molecule has 1 heterocycles. The minimum absolute atomic E-state index is 0.0127. The predicted octanol–water partition coefficient (Wildman–Crippen LogP) is 2.85. The number of hydrogen-bond acceptors (Lipinski definition) is 5. The zero-order valence-corrected chi connectivity index (χ0v) is 14.7. The maximum absolute atomic E-state index is 12.1. The fraction of sp³-hybridized carbons (Fsp3) is 0.526. The van der Waals surface area contributed by atoms with Crippen LogP contribution in [-0.2, 0) is 20.7 Å². The Bertz CT molecular complexity index is 755. The molecule has 6 heteroatoms. The van der Waals surface area contributed by atoms with E-state index in [2.05, 4.69) is 24.3 Å². The first kappa shape index (κ1) is 17.5. The number of benzene rings is 1. The second-order valence-corrected chi connectivity index (χ2v) is 6.90. The monoisotopic (exact) mass is 344 g/mol. The number of nitrogens with one attached hydrogen (secondary N) is 1. The van der Waals surface area contributed by atoms with Crippen LogP contribution in [0.15, 0.2) is 28.8 Å². The van der Waals surface area contributed by atoms with Gasteiger partial charge in [-0.2, -0.15) is 0 Å². The number of ether oxygens (including phenoxy) is 1. The zero-order chi connectivity index (χ0) is 17.8. The number of hydrogen-bond donors (Lipinski definition) is 1. The predicted molar refractivity (Wildman–Crippen MR) is 92.8 cm³/mol. The Hall–Kier alpha value is -2.37. The summed E-state index contributed by atoms with van der Waals surface area (Å²) < 4.78 is 10.3. The average Bonchev–Trinajstić information content (AvgIpc) is 3.00. The second kappa shape index (κ2) is 7.68. The van der Waals surface area contributed by atoms with Crippen LogP contribution in [0.1, 0.15) is 38.8 Å². The minimum Gasteiger partial charge on any atom is -0.455 e. The summed E-state index contributed by atoms with van der Waals surface area (Å²) >= 11 is 0.